The van der Waals surface area contributed by atoms with Gasteiger partial charge in [-0.2, -0.15) is 0 Å². The Kier molecular flexibility index (Phi) is 8.45. The van der Waals surface area contributed by atoms with Gasteiger partial charge in [-0.15, -0.1) is 0 Å². The number of halogens is 1. The maximum absolute atomic E-state index is 14.0. The molecule has 3 rings (SSSR count). The van der Waals surface area contributed by atoms with Crippen LogP contribution in [-0.4, -0.2) is 73.5 Å². The Morgan fingerprint density at radius 2 is 1.86 bits per heavy atom. The number of anilines is 1. The van der Waals surface area contributed by atoms with Gasteiger partial charge in [0.05, 0.1) is 23.3 Å². The summed E-state index contributed by atoms with van der Waals surface area (Å²) in [5.74, 6) is -1.37. The number of ether oxygens (including phenoxy) is 2. The summed E-state index contributed by atoms with van der Waals surface area (Å²) < 4.78 is 25.7. The zero-order chi connectivity index (χ0) is 25.7. The van der Waals surface area contributed by atoms with Gasteiger partial charge in [-0.3, -0.25) is 14.4 Å². The summed E-state index contributed by atoms with van der Waals surface area (Å²) >= 11 is 0. The van der Waals surface area contributed by atoms with Gasteiger partial charge in [0.15, 0.2) is 0 Å². The predicted molar refractivity (Wildman–Crippen MR) is 130 cm³/mol. The molecule has 3 amide bonds. The molecule has 2 aromatic carbocycles. The van der Waals surface area contributed by atoms with Gasteiger partial charge < -0.3 is 24.6 Å². The molecule has 0 spiro atoms. The van der Waals surface area contributed by atoms with Crippen molar-refractivity contribution < 1.29 is 28.2 Å². The van der Waals surface area contributed by atoms with Gasteiger partial charge in [0.2, 0.25) is 5.91 Å². The van der Waals surface area contributed by atoms with Gasteiger partial charge in [0.1, 0.15) is 18.2 Å². The van der Waals surface area contributed by atoms with Crippen molar-refractivity contribution in [2.24, 2.45) is 5.92 Å². The third-order valence-corrected chi connectivity index (χ3v) is 6.23. The second kappa shape index (κ2) is 11.3. The monoisotopic (exact) mass is 485 g/mol. The van der Waals surface area contributed by atoms with Crippen molar-refractivity contribution in [3.63, 3.8) is 0 Å². The van der Waals surface area contributed by atoms with E-state index in [2.05, 4.69) is 5.32 Å². The molecule has 0 aromatic heterocycles. The van der Waals surface area contributed by atoms with Crippen molar-refractivity contribution in [3.8, 4) is 5.75 Å². The first-order valence-electron chi connectivity index (χ1n) is 11.5. The second-order valence-electron chi connectivity index (χ2n) is 8.91. The number of fused-ring (bicyclic) bond motifs is 1. The Bertz CT molecular complexity index is 1090. The molecule has 1 heterocycles. The van der Waals surface area contributed by atoms with E-state index in [-0.39, 0.29) is 47.6 Å². The summed E-state index contributed by atoms with van der Waals surface area (Å²) in [7, 11) is 3.24. The molecule has 1 N–H and O–H groups in total. The number of likely N-dealkylation sites (N-methyl/N-ethyl adjacent to an activating group) is 1. The van der Waals surface area contributed by atoms with Crippen LogP contribution in [0.5, 0.6) is 5.75 Å². The van der Waals surface area contributed by atoms with Crippen molar-refractivity contribution in [2.75, 3.05) is 39.2 Å². The third-order valence-electron chi connectivity index (χ3n) is 6.23. The van der Waals surface area contributed by atoms with Crippen LogP contribution in [-0.2, 0) is 9.53 Å². The second-order valence-corrected chi connectivity index (χ2v) is 8.91. The number of carbonyl (C=O) groups excluding carboxylic acids is 3. The van der Waals surface area contributed by atoms with Crippen LogP contribution in [0.2, 0.25) is 0 Å². The number of hydrogen-bond donors (Lipinski definition) is 1. The number of hydrogen-bond acceptors (Lipinski definition) is 5. The molecular formula is C26H32FN3O5. The fraction of sp³-hybridized carbons (Fsp3) is 0.423. The van der Waals surface area contributed by atoms with Gasteiger partial charge in [-0.25, -0.2) is 4.39 Å². The highest BCUT2D eigenvalue weighted by atomic mass is 19.1. The van der Waals surface area contributed by atoms with Gasteiger partial charge in [-0.05, 0) is 37.3 Å². The van der Waals surface area contributed by atoms with E-state index < -0.39 is 11.7 Å². The van der Waals surface area contributed by atoms with E-state index in [4.69, 9.17) is 9.47 Å². The Labute approximate surface area is 205 Å². The number of benzene rings is 2. The van der Waals surface area contributed by atoms with E-state index in [1.165, 1.54) is 36.1 Å². The van der Waals surface area contributed by atoms with E-state index >= 15 is 0 Å². The molecule has 0 fully saturated rings. The van der Waals surface area contributed by atoms with Crippen LogP contribution >= 0.6 is 0 Å². The smallest absolute Gasteiger partial charge is 0.258 e. The largest absolute Gasteiger partial charge is 0.491 e. The third kappa shape index (κ3) is 6.16. The van der Waals surface area contributed by atoms with Gasteiger partial charge in [0.25, 0.3) is 11.8 Å². The Balaban J connectivity index is 1.95. The van der Waals surface area contributed by atoms with Crippen molar-refractivity contribution in [1.29, 1.82) is 0 Å². The zero-order valence-corrected chi connectivity index (χ0v) is 20.7. The van der Waals surface area contributed by atoms with Crippen LogP contribution in [0.15, 0.2) is 42.5 Å². The number of amides is 3. The molecular weight excluding hydrogens is 453 g/mol. The molecule has 188 valence electrons. The maximum Gasteiger partial charge on any atom is 0.258 e. The molecule has 0 bridgehead atoms. The Morgan fingerprint density at radius 3 is 2.51 bits per heavy atom. The highest BCUT2D eigenvalue weighted by Crippen LogP contribution is 2.27. The average molecular weight is 486 g/mol. The SMILES string of the molecule is CO[C@H]1CN(C)C(=O)c2cc(NC(=O)c3ccccc3F)ccc2OC[C@H](C)N(C(C)=O)C[C@@H]1C. The first-order chi connectivity index (χ1) is 16.6. The lowest BCUT2D eigenvalue weighted by atomic mass is 10.0. The summed E-state index contributed by atoms with van der Waals surface area (Å²) in [4.78, 5) is 41.6. The number of nitrogens with zero attached hydrogens (tertiary/aromatic N) is 2. The van der Waals surface area contributed by atoms with E-state index in [9.17, 15) is 18.8 Å². The lowest BCUT2D eigenvalue weighted by molar-refractivity contribution is -0.133. The normalized spacial score (nSPS) is 21.3. The lowest BCUT2D eigenvalue weighted by Gasteiger charge is -2.35. The molecule has 3 atom stereocenters. The van der Waals surface area contributed by atoms with Crippen molar-refractivity contribution in [3.05, 3.63) is 59.4 Å². The molecule has 0 saturated carbocycles. The molecule has 0 unspecified atom stereocenters. The molecule has 0 saturated heterocycles. The van der Waals surface area contributed by atoms with E-state index in [1.807, 2.05) is 13.8 Å². The summed E-state index contributed by atoms with van der Waals surface area (Å²) in [6, 6.07) is 10.1. The highest BCUT2D eigenvalue weighted by Gasteiger charge is 2.29. The average Bonchev–Trinajstić information content (AvgIpc) is 2.83. The molecule has 35 heavy (non-hydrogen) atoms. The molecule has 2 aromatic rings. The van der Waals surface area contributed by atoms with Crippen LogP contribution in [0.4, 0.5) is 10.1 Å². The van der Waals surface area contributed by atoms with Gasteiger partial charge in [0, 0.05) is 45.8 Å². The van der Waals surface area contributed by atoms with Crippen LogP contribution < -0.4 is 10.1 Å². The number of methoxy groups -OCH3 is 1. The van der Waals surface area contributed by atoms with Gasteiger partial charge in [-0.1, -0.05) is 19.1 Å². The van der Waals surface area contributed by atoms with E-state index in [1.54, 1.807) is 37.3 Å². The molecule has 1 aliphatic heterocycles. The molecule has 8 nitrogen and oxygen atoms in total. The summed E-state index contributed by atoms with van der Waals surface area (Å²) in [6.07, 6.45) is -0.300. The highest BCUT2D eigenvalue weighted by molar-refractivity contribution is 6.05. The molecule has 0 aliphatic carbocycles. The molecule has 1 aliphatic rings. The summed E-state index contributed by atoms with van der Waals surface area (Å²) in [6.45, 7) is 6.32. The summed E-state index contributed by atoms with van der Waals surface area (Å²) in [5, 5.41) is 2.65. The molecule has 9 heteroatoms. The number of nitrogens with one attached hydrogen (secondary N) is 1. The fourth-order valence-electron chi connectivity index (χ4n) is 4.14. The van der Waals surface area contributed by atoms with Crippen LogP contribution in [0.3, 0.4) is 0 Å². The van der Waals surface area contributed by atoms with Crippen LogP contribution in [0.25, 0.3) is 0 Å². The van der Waals surface area contributed by atoms with Crippen molar-refractivity contribution in [1.82, 2.24) is 9.80 Å². The molecule has 0 radical (unpaired) electrons. The van der Waals surface area contributed by atoms with Crippen molar-refractivity contribution >= 4 is 23.4 Å². The fourth-order valence-corrected chi connectivity index (χ4v) is 4.14. The minimum absolute atomic E-state index is 0.0353. The summed E-state index contributed by atoms with van der Waals surface area (Å²) in [5.41, 5.74) is 0.461. The predicted octanol–water partition coefficient (Wildman–Crippen LogP) is 3.43. The number of rotatable bonds is 3. The Hall–Kier alpha value is -3.46. The first-order valence-corrected chi connectivity index (χ1v) is 11.5. The van der Waals surface area contributed by atoms with E-state index in [0.717, 1.165) is 0 Å². The maximum atomic E-state index is 14.0. The first kappa shape index (κ1) is 26.2. The number of carbonyl (C=O) groups is 3. The zero-order valence-electron chi connectivity index (χ0n) is 20.7. The van der Waals surface area contributed by atoms with Crippen LogP contribution in [0.1, 0.15) is 41.5 Å². The van der Waals surface area contributed by atoms with Crippen molar-refractivity contribution in [2.45, 2.75) is 32.9 Å². The lowest BCUT2D eigenvalue weighted by Crippen LogP contribution is -2.48. The van der Waals surface area contributed by atoms with Crippen LogP contribution in [0, 0.1) is 11.7 Å². The quantitative estimate of drug-likeness (QED) is 0.720. The minimum atomic E-state index is -0.640. The minimum Gasteiger partial charge on any atom is -0.491 e. The topological polar surface area (TPSA) is 88.2 Å². The van der Waals surface area contributed by atoms with E-state index in [0.29, 0.717) is 24.5 Å². The van der Waals surface area contributed by atoms with Gasteiger partial charge >= 0.3 is 0 Å². The Morgan fingerprint density at radius 1 is 1.14 bits per heavy atom. The standard InChI is InChI=1S/C26H32FN3O5/c1-16-13-30(18(3)31)17(2)15-35-23-11-10-19(28-25(32)20-8-6-7-9-22(20)27)12-21(23)26(33)29(4)14-24(16)34-5/h6-12,16-17,24H,13-15H2,1-5H3,(H,28,32)/t16-,17-,24-/m0/s1.